The van der Waals surface area contributed by atoms with E-state index in [9.17, 15) is 4.79 Å². The predicted molar refractivity (Wildman–Crippen MR) is 73.0 cm³/mol. The molecule has 0 atom stereocenters. The first kappa shape index (κ1) is 11.9. The number of nitrogens with zero attached hydrogens (tertiary/aromatic N) is 2. The van der Waals surface area contributed by atoms with Gasteiger partial charge in [-0.25, -0.2) is 10.5 Å². The lowest BCUT2D eigenvalue weighted by molar-refractivity contribution is -0.129. The highest BCUT2D eigenvalue weighted by Crippen LogP contribution is 2.31. The van der Waals surface area contributed by atoms with E-state index in [0.29, 0.717) is 0 Å². The number of benzene rings is 1. The zero-order valence-corrected chi connectivity index (χ0v) is 10.7. The molecule has 0 radical (unpaired) electrons. The van der Waals surface area contributed by atoms with Crippen LogP contribution in [0.25, 0.3) is 21.5 Å². The number of hydrogen-bond donors (Lipinski definition) is 2. The van der Waals surface area contributed by atoms with Gasteiger partial charge in [-0.2, -0.15) is 0 Å². The Morgan fingerprint density at radius 2 is 2.26 bits per heavy atom. The molecule has 0 aliphatic heterocycles. The molecule has 6 heteroatoms. The van der Waals surface area contributed by atoms with Crippen molar-refractivity contribution in [2.75, 3.05) is 0 Å². The Labute approximate surface area is 113 Å². The van der Waals surface area contributed by atoms with Crippen molar-refractivity contribution in [2.45, 2.75) is 6.54 Å². The number of amides is 1. The van der Waals surface area contributed by atoms with E-state index in [-0.39, 0.29) is 6.54 Å². The molecule has 3 aromatic rings. The van der Waals surface area contributed by atoms with E-state index in [2.05, 4.69) is 4.98 Å². The van der Waals surface area contributed by atoms with E-state index in [1.165, 1.54) is 0 Å². The molecule has 19 heavy (non-hydrogen) atoms. The van der Waals surface area contributed by atoms with Crippen LogP contribution in [-0.2, 0) is 11.3 Å². The Bertz CT molecular complexity index is 719. The summed E-state index contributed by atoms with van der Waals surface area (Å²) in [5.41, 5.74) is 3.59. The van der Waals surface area contributed by atoms with E-state index >= 15 is 0 Å². The lowest BCUT2D eigenvalue weighted by Gasteiger charge is -2.02. The van der Waals surface area contributed by atoms with Crippen LogP contribution in [-0.4, -0.2) is 20.7 Å². The molecule has 1 amide bonds. The Morgan fingerprint density at radius 1 is 1.42 bits per heavy atom. The number of nitrogens with one attached hydrogen (secondary N) is 1. The Hall–Kier alpha value is -2.18. The number of rotatable bonds is 3. The third-order valence-corrected chi connectivity index (χ3v) is 3.70. The number of aromatic nitrogens is 2. The summed E-state index contributed by atoms with van der Waals surface area (Å²) in [6.07, 6.45) is 3.64. The number of carbonyl (C=O) groups is 1. The zero-order chi connectivity index (χ0) is 13.2. The SMILES string of the molecule is O=C(Cn1cc(-c2nccs2)c2ccccc21)NO. The van der Waals surface area contributed by atoms with Crippen LogP contribution >= 0.6 is 11.3 Å². The maximum absolute atomic E-state index is 11.3. The van der Waals surface area contributed by atoms with Crippen molar-refractivity contribution in [3.8, 4) is 10.6 Å². The third-order valence-electron chi connectivity index (χ3n) is 2.89. The van der Waals surface area contributed by atoms with E-state index in [1.807, 2.05) is 35.8 Å². The van der Waals surface area contributed by atoms with Gasteiger partial charge in [0.15, 0.2) is 0 Å². The summed E-state index contributed by atoms with van der Waals surface area (Å²) in [6, 6.07) is 7.81. The van der Waals surface area contributed by atoms with E-state index in [0.717, 1.165) is 21.5 Å². The largest absolute Gasteiger partial charge is 0.337 e. The van der Waals surface area contributed by atoms with Crippen LogP contribution in [0.4, 0.5) is 0 Å². The van der Waals surface area contributed by atoms with E-state index in [1.54, 1.807) is 27.6 Å². The Balaban J connectivity index is 2.16. The number of para-hydroxylation sites is 1. The number of carbonyl (C=O) groups excluding carboxylic acids is 1. The highest BCUT2D eigenvalue weighted by Gasteiger charge is 2.13. The molecule has 0 bridgehead atoms. The molecule has 0 spiro atoms. The second kappa shape index (κ2) is 4.83. The van der Waals surface area contributed by atoms with Crippen LogP contribution in [0.2, 0.25) is 0 Å². The summed E-state index contributed by atoms with van der Waals surface area (Å²) in [7, 11) is 0. The highest BCUT2D eigenvalue weighted by atomic mass is 32.1. The van der Waals surface area contributed by atoms with Gasteiger partial charge in [-0.15, -0.1) is 11.3 Å². The van der Waals surface area contributed by atoms with Gasteiger partial charge in [0.2, 0.25) is 0 Å². The standard InChI is InChI=1S/C13H11N3O2S/c17-12(15-18)8-16-7-10(13-14-5-6-19-13)9-3-1-2-4-11(9)16/h1-7,18H,8H2,(H,15,17). The number of hydrogen-bond acceptors (Lipinski definition) is 4. The quantitative estimate of drug-likeness (QED) is 0.568. The summed E-state index contributed by atoms with van der Waals surface area (Å²) in [5.74, 6) is -0.452. The molecule has 2 aromatic heterocycles. The minimum absolute atomic E-state index is 0.0718. The fourth-order valence-corrected chi connectivity index (χ4v) is 2.76. The minimum atomic E-state index is -0.452. The number of fused-ring (bicyclic) bond motifs is 1. The highest BCUT2D eigenvalue weighted by molar-refractivity contribution is 7.13. The molecule has 1 aromatic carbocycles. The van der Waals surface area contributed by atoms with Gasteiger partial charge in [0, 0.05) is 34.2 Å². The monoisotopic (exact) mass is 273 g/mol. The summed E-state index contributed by atoms with van der Waals surface area (Å²) in [5, 5.41) is 12.5. The van der Waals surface area contributed by atoms with Crippen LogP contribution < -0.4 is 5.48 Å². The van der Waals surface area contributed by atoms with Crippen LogP contribution in [0.1, 0.15) is 0 Å². The van der Waals surface area contributed by atoms with Gasteiger partial charge in [-0.05, 0) is 6.07 Å². The summed E-state index contributed by atoms with van der Waals surface area (Å²) < 4.78 is 1.80. The van der Waals surface area contributed by atoms with Gasteiger partial charge >= 0.3 is 0 Å². The van der Waals surface area contributed by atoms with Crippen LogP contribution in [0.3, 0.4) is 0 Å². The molecular formula is C13H11N3O2S. The van der Waals surface area contributed by atoms with Crippen molar-refractivity contribution in [1.82, 2.24) is 15.0 Å². The maximum Gasteiger partial charge on any atom is 0.263 e. The second-order valence-corrected chi connectivity index (χ2v) is 4.95. The molecule has 0 saturated heterocycles. The van der Waals surface area contributed by atoms with Gasteiger partial charge in [0.05, 0.1) is 0 Å². The van der Waals surface area contributed by atoms with Gasteiger partial charge < -0.3 is 4.57 Å². The Morgan fingerprint density at radius 3 is 3.00 bits per heavy atom. The first-order chi connectivity index (χ1) is 9.29. The maximum atomic E-state index is 11.3. The van der Waals surface area contributed by atoms with Gasteiger partial charge in [0.1, 0.15) is 11.6 Å². The van der Waals surface area contributed by atoms with Gasteiger partial charge in [-0.1, -0.05) is 18.2 Å². The number of thiazole rings is 1. The first-order valence-electron chi connectivity index (χ1n) is 5.70. The molecule has 3 rings (SSSR count). The average Bonchev–Trinajstić information content (AvgIpc) is 3.07. The average molecular weight is 273 g/mol. The van der Waals surface area contributed by atoms with Crippen LogP contribution in [0, 0.1) is 0 Å². The second-order valence-electron chi connectivity index (χ2n) is 4.06. The van der Waals surface area contributed by atoms with Crippen molar-refractivity contribution in [2.24, 2.45) is 0 Å². The molecule has 5 nitrogen and oxygen atoms in total. The van der Waals surface area contributed by atoms with Gasteiger partial charge in [0.25, 0.3) is 5.91 Å². The summed E-state index contributed by atoms with van der Waals surface area (Å²) in [6.45, 7) is 0.0718. The van der Waals surface area contributed by atoms with Crippen molar-refractivity contribution >= 4 is 28.1 Å². The Kier molecular flexibility index (Phi) is 3.02. The van der Waals surface area contributed by atoms with Gasteiger partial charge in [-0.3, -0.25) is 10.0 Å². The molecule has 2 heterocycles. The van der Waals surface area contributed by atoms with Crippen LogP contribution in [0.5, 0.6) is 0 Å². The minimum Gasteiger partial charge on any atom is -0.337 e. The smallest absolute Gasteiger partial charge is 0.263 e. The lowest BCUT2D eigenvalue weighted by atomic mass is 10.2. The molecule has 0 aliphatic rings. The third kappa shape index (κ3) is 2.11. The molecular weight excluding hydrogens is 262 g/mol. The fraction of sp³-hybridized carbons (Fsp3) is 0.0769. The molecule has 0 aliphatic carbocycles. The van der Waals surface area contributed by atoms with Crippen molar-refractivity contribution < 1.29 is 10.0 Å². The number of hydroxylamine groups is 1. The summed E-state index contributed by atoms with van der Waals surface area (Å²) >= 11 is 1.55. The normalized spacial score (nSPS) is 10.8. The van der Waals surface area contributed by atoms with Crippen LogP contribution in [0.15, 0.2) is 42.0 Å². The topological polar surface area (TPSA) is 67.2 Å². The molecule has 0 unspecified atom stereocenters. The van der Waals surface area contributed by atoms with Crippen molar-refractivity contribution in [1.29, 1.82) is 0 Å². The van der Waals surface area contributed by atoms with E-state index < -0.39 is 5.91 Å². The fourth-order valence-electron chi connectivity index (χ4n) is 2.09. The van der Waals surface area contributed by atoms with E-state index in [4.69, 9.17) is 5.21 Å². The summed E-state index contributed by atoms with van der Waals surface area (Å²) in [4.78, 5) is 15.6. The molecule has 0 saturated carbocycles. The zero-order valence-electron chi connectivity index (χ0n) is 9.91. The first-order valence-corrected chi connectivity index (χ1v) is 6.58. The molecule has 96 valence electrons. The molecule has 0 fully saturated rings. The lowest BCUT2D eigenvalue weighted by Crippen LogP contribution is -2.23. The molecule has 2 N–H and O–H groups in total. The predicted octanol–water partition coefficient (Wildman–Crippen LogP) is 2.27. The van der Waals surface area contributed by atoms with Crippen molar-refractivity contribution in [3.63, 3.8) is 0 Å². The van der Waals surface area contributed by atoms with Crippen molar-refractivity contribution in [3.05, 3.63) is 42.0 Å².